The molecule has 1 aliphatic carbocycles. The molecule has 0 radical (unpaired) electrons. The van der Waals surface area contributed by atoms with Crippen molar-refractivity contribution in [1.82, 2.24) is 5.43 Å². The van der Waals surface area contributed by atoms with E-state index in [1.807, 2.05) is 0 Å². The maximum atomic E-state index is 13.0. The Kier molecular flexibility index (Phi) is 4.09. The van der Waals surface area contributed by atoms with Gasteiger partial charge in [0.15, 0.2) is 11.6 Å². The Labute approximate surface area is 104 Å². The zero-order valence-electron chi connectivity index (χ0n) is 9.92. The lowest BCUT2D eigenvalue weighted by atomic mass is 10.3. The number of halogens is 2. The topological polar surface area (TPSA) is 62.4 Å². The summed E-state index contributed by atoms with van der Waals surface area (Å²) in [4.78, 5) is 4.39. The maximum absolute atomic E-state index is 13.0. The molecule has 2 rings (SSSR count). The highest BCUT2D eigenvalue weighted by Gasteiger charge is 2.14. The van der Waals surface area contributed by atoms with Crippen LogP contribution < -0.4 is 16.6 Å². The van der Waals surface area contributed by atoms with E-state index >= 15 is 0 Å². The lowest BCUT2D eigenvalue weighted by Gasteiger charge is -2.11. The van der Waals surface area contributed by atoms with Crippen molar-refractivity contribution in [3.05, 3.63) is 29.8 Å². The Morgan fingerprint density at radius 1 is 1.22 bits per heavy atom. The normalized spacial score (nSPS) is 16.9. The molecule has 4 N–H and O–H groups in total. The monoisotopic (exact) mass is 254 g/mol. The number of hydrogen-bond acceptors (Lipinski definition) is 2. The molecule has 98 valence electrons. The van der Waals surface area contributed by atoms with Crippen LogP contribution in [0.1, 0.15) is 25.7 Å². The van der Waals surface area contributed by atoms with E-state index in [2.05, 4.69) is 15.7 Å². The van der Waals surface area contributed by atoms with E-state index < -0.39 is 11.6 Å². The number of rotatable bonds is 2. The molecule has 1 aliphatic rings. The van der Waals surface area contributed by atoms with Gasteiger partial charge in [0.1, 0.15) is 0 Å². The van der Waals surface area contributed by atoms with Gasteiger partial charge in [-0.15, -0.1) is 0 Å². The molecule has 0 heterocycles. The van der Waals surface area contributed by atoms with Crippen molar-refractivity contribution in [2.24, 2.45) is 10.8 Å². The molecule has 0 amide bonds. The number of anilines is 1. The molecule has 1 saturated carbocycles. The number of hydrazine groups is 1. The first-order valence-corrected chi connectivity index (χ1v) is 5.95. The van der Waals surface area contributed by atoms with E-state index in [9.17, 15) is 8.78 Å². The van der Waals surface area contributed by atoms with Crippen LogP contribution >= 0.6 is 0 Å². The Bertz CT molecular complexity index is 442. The maximum Gasteiger partial charge on any atom is 0.210 e. The largest absolute Gasteiger partial charge is 0.325 e. The van der Waals surface area contributed by atoms with Crippen molar-refractivity contribution in [2.45, 2.75) is 31.7 Å². The van der Waals surface area contributed by atoms with Crippen LogP contribution in [0.3, 0.4) is 0 Å². The van der Waals surface area contributed by atoms with Crippen LogP contribution in [0.5, 0.6) is 0 Å². The molecule has 6 heteroatoms. The van der Waals surface area contributed by atoms with Gasteiger partial charge in [-0.3, -0.25) is 5.43 Å². The third kappa shape index (κ3) is 3.16. The lowest BCUT2D eigenvalue weighted by molar-refractivity contribution is 0.509. The quantitative estimate of drug-likeness (QED) is 0.328. The molecule has 1 fully saturated rings. The van der Waals surface area contributed by atoms with Crippen LogP contribution in [0.4, 0.5) is 14.5 Å². The molecule has 0 spiro atoms. The van der Waals surface area contributed by atoms with E-state index in [1.54, 1.807) is 0 Å². The highest BCUT2D eigenvalue weighted by Crippen LogP contribution is 2.21. The molecular weight excluding hydrogens is 238 g/mol. The molecule has 0 aromatic heterocycles. The number of nitrogens with two attached hydrogens (primary N) is 1. The second kappa shape index (κ2) is 5.77. The smallest absolute Gasteiger partial charge is 0.210 e. The summed E-state index contributed by atoms with van der Waals surface area (Å²) >= 11 is 0. The molecule has 18 heavy (non-hydrogen) atoms. The van der Waals surface area contributed by atoms with Crippen molar-refractivity contribution in [1.29, 1.82) is 0 Å². The first kappa shape index (κ1) is 12.8. The summed E-state index contributed by atoms with van der Waals surface area (Å²) in [5.41, 5.74) is 2.84. The summed E-state index contributed by atoms with van der Waals surface area (Å²) in [6.45, 7) is 0. The number of benzene rings is 1. The van der Waals surface area contributed by atoms with Crippen molar-refractivity contribution in [2.75, 3.05) is 5.32 Å². The SMILES string of the molecule is NNC(=NC1CCCC1)Nc1ccc(F)c(F)c1. The van der Waals surface area contributed by atoms with Gasteiger partial charge < -0.3 is 5.32 Å². The molecule has 0 unspecified atom stereocenters. The zero-order valence-corrected chi connectivity index (χ0v) is 9.92. The summed E-state index contributed by atoms with van der Waals surface area (Å²) in [5.74, 6) is 3.94. The van der Waals surface area contributed by atoms with Gasteiger partial charge in [-0.1, -0.05) is 12.8 Å². The average molecular weight is 254 g/mol. The van der Waals surface area contributed by atoms with Gasteiger partial charge in [0, 0.05) is 11.8 Å². The molecule has 0 saturated heterocycles. The van der Waals surface area contributed by atoms with Crippen LogP contribution in [-0.4, -0.2) is 12.0 Å². The summed E-state index contributed by atoms with van der Waals surface area (Å²) in [6.07, 6.45) is 4.39. The second-order valence-electron chi connectivity index (χ2n) is 4.31. The number of aliphatic imine (C=N–C) groups is 1. The van der Waals surface area contributed by atoms with Crippen molar-refractivity contribution in [3.63, 3.8) is 0 Å². The molecular formula is C12H16F2N4. The van der Waals surface area contributed by atoms with Crippen molar-refractivity contribution in [3.8, 4) is 0 Å². The van der Waals surface area contributed by atoms with E-state index in [-0.39, 0.29) is 6.04 Å². The standard InChI is InChI=1S/C12H16F2N4/c13-10-6-5-9(7-11(10)14)17-12(18-15)16-8-3-1-2-4-8/h5-8H,1-4,15H2,(H2,16,17,18). The predicted molar refractivity (Wildman–Crippen MR) is 67.0 cm³/mol. The van der Waals surface area contributed by atoms with Gasteiger partial charge in [0.05, 0.1) is 6.04 Å². The minimum absolute atomic E-state index is 0.244. The highest BCUT2D eigenvalue weighted by molar-refractivity contribution is 5.93. The Morgan fingerprint density at radius 3 is 2.56 bits per heavy atom. The van der Waals surface area contributed by atoms with Crippen molar-refractivity contribution < 1.29 is 8.78 Å². The fraction of sp³-hybridized carbons (Fsp3) is 0.417. The van der Waals surface area contributed by atoms with E-state index in [1.165, 1.54) is 6.07 Å². The second-order valence-corrected chi connectivity index (χ2v) is 4.31. The summed E-state index contributed by atoms with van der Waals surface area (Å²) in [6, 6.07) is 3.80. The van der Waals surface area contributed by atoms with Crippen LogP contribution in [-0.2, 0) is 0 Å². The average Bonchev–Trinajstić information content (AvgIpc) is 2.86. The number of nitrogens with zero attached hydrogens (tertiary/aromatic N) is 1. The van der Waals surface area contributed by atoms with E-state index in [4.69, 9.17) is 5.84 Å². The molecule has 4 nitrogen and oxygen atoms in total. The number of hydrogen-bond donors (Lipinski definition) is 3. The van der Waals surface area contributed by atoms with E-state index in [0.717, 1.165) is 37.8 Å². The molecule has 0 atom stereocenters. The van der Waals surface area contributed by atoms with Crippen LogP contribution in [0, 0.1) is 11.6 Å². The Balaban J connectivity index is 2.07. The number of guanidine groups is 1. The fourth-order valence-corrected chi connectivity index (χ4v) is 2.03. The molecule has 1 aromatic rings. The molecule has 0 aliphatic heterocycles. The predicted octanol–water partition coefficient (Wildman–Crippen LogP) is 2.14. The molecule has 0 bridgehead atoms. The van der Waals surface area contributed by atoms with Crippen molar-refractivity contribution >= 4 is 11.6 Å². The van der Waals surface area contributed by atoms with Gasteiger partial charge in [0.25, 0.3) is 0 Å². The first-order chi connectivity index (χ1) is 8.69. The third-order valence-electron chi connectivity index (χ3n) is 2.96. The minimum Gasteiger partial charge on any atom is -0.325 e. The lowest BCUT2D eigenvalue weighted by Crippen LogP contribution is -2.37. The minimum atomic E-state index is -0.905. The van der Waals surface area contributed by atoms with E-state index in [0.29, 0.717) is 11.6 Å². The summed E-state index contributed by atoms with van der Waals surface area (Å²) < 4.78 is 25.8. The zero-order chi connectivity index (χ0) is 13.0. The number of nitrogens with one attached hydrogen (secondary N) is 2. The van der Waals surface area contributed by atoms with Crippen LogP contribution in [0.15, 0.2) is 23.2 Å². The molecule has 1 aromatic carbocycles. The Hall–Kier alpha value is -1.69. The summed E-state index contributed by atoms with van der Waals surface area (Å²) in [7, 11) is 0. The summed E-state index contributed by atoms with van der Waals surface area (Å²) in [5, 5.41) is 2.83. The Morgan fingerprint density at radius 2 is 1.94 bits per heavy atom. The highest BCUT2D eigenvalue weighted by atomic mass is 19.2. The van der Waals surface area contributed by atoms with Gasteiger partial charge in [0.2, 0.25) is 5.96 Å². The van der Waals surface area contributed by atoms with Crippen LogP contribution in [0.2, 0.25) is 0 Å². The third-order valence-corrected chi connectivity index (χ3v) is 2.96. The van der Waals surface area contributed by atoms with Gasteiger partial charge >= 0.3 is 0 Å². The fourth-order valence-electron chi connectivity index (χ4n) is 2.03. The van der Waals surface area contributed by atoms with Gasteiger partial charge in [-0.2, -0.15) is 0 Å². The van der Waals surface area contributed by atoms with Gasteiger partial charge in [-0.05, 0) is 25.0 Å². The van der Waals surface area contributed by atoms with Crippen LogP contribution in [0.25, 0.3) is 0 Å². The first-order valence-electron chi connectivity index (χ1n) is 5.95. The van der Waals surface area contributed by atoms with Gasteiger partial charge in [-0.25, -0.2) is 19.6 Å².